The maximum absolute atomic E-state index is 12.0. The predicted molar refractivity (Wildman–Crippen MR) is 71.3 cm³/mol. The van der Waals surface area contributed by atoms with E-state index in [-0.39, 0.29) is 12.5 Å². The fraction of sp³-hybridized carbons (Fsp3) is 0.583. The number of H-pyrrole nitrogens is 1. The second-order valence-corrected chi connectivity index (χ2v) is 4.54. The van der Waals surface area contributed by atoms with Crippen molar-refractivity contribution in [2.75, 3.05) is 20.8 Å². The fourth-order valence-electron chi connectivity index (χ4n) is 1.62. The number of methoxy groups -OCH3 is 1. The predicted octanol–water partition coefficient (Wildman–Crippen LogP) is 0.0817. The number of carbonyl (C=O) groups is 2. The summed E-state index contributed by atoms with van der Waals surface area (Å²) in [5, 5.41) is 11.6. The number of aromatic nitrogens is 2. The maximum atomic E-state index is 12.0. The lowest BCUT2D eigenvalue weighted by Crippen LogP contribution is -2.50. The normalized spacial score (nSPS) is 13.6. The summed E-state index contributed by atoms with van der Waals surface area (Å²) in [5.41, 5.74) is 0.644. The highest BCUT2D eigenvalue weighted by atomic mass is 16.5. The van der Waals surface area contributed by atoms with Crippen LogP contribution >= 0.6 is 0 Å². The van der Waals surface area contributed by atoms with E-state index >= 15 is 0 Å². The topological polar surface area (TPSA) is 108 Å². The number of imidazole rings is 1. The van der Waals surface area contributed by atoms with Gasteiger partial charge in [-0.05, 0) is 6.92 Å². The van der Waals surface area contributed by atoms with Crippen LogP contribution in [0.3, 0.4) is 0 Å². The molecule has 1 rings (SSSR count). The molecule has 1 heterocycles. The Morgan fingerprint density at radius 3 is 2.80 bits per heavy atom. The van der Waals surface area contributed by atoms with Gasteiger partial charge in [0.1, 0.15) is 6.04 Å². The lowest BCUT2D eigenvalue weighted by Gasteiger charge is -2.26. The SMILES string of the molecule is COCC(C)N(C)C(=O)NC(Cc1cnc[nH]1)C(=O)O. The summed E-state index contributed by atoms with van der Waals surface area (Å²) in [6, 6.07) is -1.62. The average molecular weight is 284 g/mol. The van der Waals surface area contributed by atoms with E-state index in [1.807, 2.05) is 6.92 Å². The van der Waals surface area contributed by atoms with Crippen molar-refractivity contribution in [3.05, 3.63) is 18.2 Å². The minimum absolute atomic E-state index is 0.146. The van der Waals surface area contributed by atoms with Gasteiger partial charge in [0.2, 0.25) is 0 Å². The van der Waals surface area contributed by atoms with E-state index in [1.165, 1.54) is 17.4 Å². The molecule has 2 amide bonds. The Hall–Kier alpha value is -2.09. The number of rotatable bonds is 7. The molecule has 0 saturated carbocycles. The van der Waals surface area contributed by atoms with Crippen LogP contribution in [0.2, 0.25) is 0 Å². The summed E-state index contributed by atoms with van der Waals surface area (Å²) in [6.07, 6.45) is 3.13. The summed E-state index contributed by atoms with van der Waals surface area (Å²) in [6.45, 7) is 2.19. The molecule has 20 heavy (non-hydrogen) atoms. The minimum atomic E-state index is -1.10. The van der Waals surface area contributed by atoms with E-state index in [0.717, 1.165) is 0 Å². The number of ether oxygens (including phenoxy) is 1. The van der Waals surface area contributed by atoms with Gasteiger partial charge < -0.3 is 25.0 Å². The molecule has 8 nitrogen and oxygen atoms in total. The van der Waals surface area contributed by atoms with E-state index in [9.17, 15) is 9.59 Å². The van der Waals surface area contributed by atoms with Crippen LogP contribution < -0.4 is 5.32 Å². The summed E-state index contributed by atoms with van der Waals surface area (Å²) < 4.78 is 4.96. The third-order valence-electron chi connectivity index (χ3n) is 2.96. The average Bonchev–Trinajstić information content (AvgIpc) is 2.90. The molecular formula is C12H20N4O4. The first-order chi connectivity index (χ1) is 9.45. The molecule has 0 saturated heterocycles. The second-order valence-electron chi connectivity index (χ2n) is 4.54. The van der Waals surface area contributed by atoms with Crippen molar-refractivity contribution >= 4 is 12.0 Å². The molecule has 0 fully saturated rings. The third kappa shape index (κ3) is 4.54. The van der Waals surface area contributed by atoms with Crippen LogP contribution in [0.5, 0.6) is 0 Å². The van der Waals surface area contributed by atoms with Gasteiger partial charge >= 0.3 is 12.0 Å². The highest BCUT2D eigenvalue weighted by molar-refractivity contribution is 5.82. The van der Waals surface area contributed by atoms with E-state index < -0.39 is 18.0 Å². The van der Waals surface area contributed by atoms with Gasteiger partial charge in [0, 0.05) is 32.5 Å². The lowest BCUT2D eigenvalue weighted by atomic mass is 10.1. The van der Waals surface area contributed by atoms with Gasteiger partial charge in [-0.25, -0.2) is 14.6 Å². The molecule has 0 aromatic carbocycles. The van der Waals surface area contributed by atoms with Crippen molar-refractivity contribution in [2.45, 2.75) is 25.4 Å². The minimum Gasteiger partial charge on any atom is -0.480 e. The molecule has 8 heteroatoms. The number of amides is 2. The van der Waals surface area contributed by atoms with Crippen molar-refractivity contribution in [1.29, 1.82) is 0 Å². The van der Waals surface area contributed by atoms with Gasteiger partial charge in [0.05, 0.1) is 19.0 Å². The number of urea groups is 1. The van der Waals surface area contributed by atoms with E-state index in [1.54, 1.807) is 14.2 Å². The quantitative estimate of drug-likeness (QED) is 0.657. The molecule has 0 bridgehead atoms. The first kappa shape index (κ1) is 16.0. The standard InChI is InChI=1S/C12H20N4O4/c1-8(6-20-3)16(2)12(19)15-10(11(17)18)4-9-5-13-7-14-9/h5,7-8,10H,4,6H2,1-3H3,(H,13,14)(H,15,19)(H,17,18). The van der Waals surface area contributed by atoms with E-state index in [4.69, 9.17) is 9.84 Å². The zero-order valence-electron chi connectivity index (χ0n) is 11.8. The van der Waals surface area contributed by atoms with Crippen molar-refractivity contribution in [1.82, 2.24) is 20.2 Å². The number of hydrogen-bond acceptors (Lipinski definition) is 4. The number of likely N-dealkylation sites (N-methyl/N-ethyl adjacent to an activating group) is 1. The summed E-state index contributed by atoms with van der Waals surface area (Å²) >= 11 is 0. The third-order valence-corrected chi connectivity index (χ3v) is 2.96. The molecule has 2 unspecified atom stereocenters. The molecule has 1 aromatic rings. The highest BCUT2D eigenvalue weighted by Crippen LogP contribution is 2.02. The van der Waals surface area contributed by atoms with Crippen LogP contribution in [0.25, 0.3) is 0 Å². The van der Waals surface area contributed by atoms with Crippen LogP contribution in [0.4, 0.5) is 4.79 Å². The number of nitrogens with one attached hydrogen (secondary N) is 2. The number of nitrogens with zero attached hydrogens (tertiary/aromatic N) is 2. The Labute approximate surface area is 117 Å². The zero-order chi connectivity index (χ0) is 15.1. The Morgan fingerprint density at radius 2 is 2.30 bits per heavy atom. The van der Waals surface area contributed by atoms with Gasteiger partial charge in [-0.15, -0.1) is 0 Å². The molecule has 0 aliphatic carbocycles. The number of aromatic amines is 1. The van der Waals surface area contributed by atoms with E-state index in [0.29, 0.717) is 12.3 Å². The van der Waals surface area contributed by atoms with Crippen molar-refractivity contribution in [3.63, 3.8) is 0 Å². The van der Waals surface area contributed by atoms with E-state index in [2.05, 4.69) is 15.3 Å². The number of carboxylic acid groups (broad SMARTS) is 1. The van der Waals surface area contributed by atoms with Crippen molar-refractivity contribution in [2.24, 2.45) is 0 Å². The van der Waals surface area contributed by atoms with Crippen LogP contribution in [0.1, 0.15) is 12.6 Å². The highest BCUT2D eigenvalue weighted by Gasteiger charge is 2.24. The Morgan fingerprint density at radius 1 is 1.60 bits per heavy atom. The molecule has 0 aliphatic rings. The Kier molecular flexibility index (Phi) is 5.98. The number of carbonyl (C=O) groups excluding carboxylic acids is 1. The summed E-state index contributed by atoms with van der Waals surface area (Å²) in [5.74, 6) is -1.10. The smallest absolute Gasteiger partial charge is 0.326 e. The molecular weight excluding hydrogens is 264 g/mol. The fourth-order valence-corrected chi connectivity index (χ4v) is 1.62. The molecule has 0 aliphatic heterocycles. The Balaban J connectivity index is 2.61. The molecule has 0 radical (unpaired) electrons. The van der Waals surface area contributed by atoms with Crippen LogP contribution in [0, 0.1) is 0 Å². The molecule has 1 aromatic heterocycles. The Bertz CT molecular complexity index is 435. The first-order valence-electron chi connectivity index (χ1n) is 6.18. The first-order valence-corrected chi connectivity index (χ1v) is 6.18. The molecule has 3 N–H and O–H groups in total. The largest absolute Gasteiger partial charge is 0.480 e. The molecule has 112 valence electrons. The van der Waals surface area contributed by atoms with Crippen LogP contribution in [-0.2, 0) is 16.0 Å². The van der Waals surface area contributed by atoms with Gasteiger partial charge in [0.15, 0.2) is 0 Å². The van der Waals surface area contributed by atoms with Crippen LogP contribution in [0.15, 0.2) is 12.5 Å². The zero-order valence-corrected chi connectivity index (χ0v) is 11.8. The monoisotopic (exact) mass is 284 g/mol. The maximum Gasteiger partial charge on any atom is 0.326 e. The summed E-state index contributed by atoms with van der Waals surface area (Å²) in [4.78, 5) is 31.2. The van der Waals surface area contributed by atoms with Crippen LogP contribution in [-0.4, -0.2) is 64.8 Å². The lowest BCUT2D eigenvalue weighted by molar-refractivity contribution is -0.139. The molecule has 0 spiro atoms. The summed E-state index contributed by atoms with van der Waals surface area (Å²) in [7, 11) is 3.13. The van der Waals surface area contributed by atoms with Gasteiger partial charge in [-0.3, -0.25) is 0 Å². The second kappa shape index (κ2) is 7.49. The molecule has 2 atom stereocenters. The van der Waals surface area contributed by atoms with Gasteiger partial charge in [-0.1, -0.05) is 0 Å². The van der Waals surface area contributed by atoms with Gasteiger partial charge in [-0.2, -0.15) is 0 Å². The van der Waals surface area contributed by atoms with Gasteiger partial charge in [0.25, 0.3) is 0 Å². The number of hydrogen-bond donors (Lipinski definition) is 3. The number of aliphatic carboxylic acids is 1. The number of carboxylic acids is 1. The van der Waals surface area contributed by atoms with Crippen molar-refractivity contribution < 1.29 is 19.4 Å². The van der Waals surface area contributed by atoms with Crippen molar-refractivity contribution in [3.8, 4) is 0 Å².